The summed E-state index contributed by atoms with van der Waals surface area (Å²) in [6.07, 6.45) is 22.8. The van der Waals surface area contributed by atoms with Crippen molar-refractivity contribution in [2.24, 2.45) is 0 Å². The Labute approximate surface area is 248 Å². The Morgan fingerprint density at radius 2 is 1.10 bits per heavy atom. The van der Waals surface area contributed by atoms with E-state index in [2.05, 4.69) is 0 Å². The zero-order chi connectivity index (χ0) is 29.3. The highest BCUT2D eigenvalue weighted by Gasteiger charge is 2.21. The zero-order valence-electron chi connectivity index (χ0n) is 25.3. The molecule has 0 aliphatic rings. The first-order valence-corrected chi connectivity index (χ1v) is 17.1. The van der Waals surface area contributed by atoms with Crippen molar-refractivity contribution in [2.45, 2.75) is 114 Å². The molecular weight excluding hydrogens is 534 g/mol. The van der Waals surface area contributed by atoms with Gasteiger partial charge < -0.3 is 14.6 Å². The lowest BCUT2D eigenvalue weighted by Gasteiger charge is -2.09. The van der Waals surface area contributed by atoms with E-state index in [1.54, 1.807) is 44.7 Å². The van der Waals surface area contributed by atoms with Crippen molar-refractivity contribution in [3.63, 3.8) is 0 Å². The van der Waals surface area contributed by atoms with Gasteiger partial charge in [-0.1, -0.05) is 89.9 Å². The van der Waals surface area contributed by atoms with Crippen LogP contribution in [0.2, 0.25) is 0 Å². The van der Waals surface area contributed by atoms with Gasteiger partial charge in [-0.25, -0.2) is 12.4 Å². The molecule has 3 aromatic rings. The quantitative estimate of drug-likeness (QED) is 0.119. The van der Waals surface area contributed by atoms with E-state index in [1.807, 2.05) is 18.2 Å². The Kier molecular flexibility index (Phi) is 14.6. The van der Waals surface area contributed by atoms with Gasteiger partial charge in [0.2, 0.25) is 0 Å². The van der Waals surface area contributed by atoms with Crippen LogP contribution in [0.3, 0.4) is 0 Å². The molecule has 228 valence electrons. The van der Waals surface area contributed by atoms with Gasteiger partial charge in [0.15, 0.2) is 0 Å². The second-order valence-corrected chi connectivity index (χ2v) is 13.0. The number of nitrogens with zero attached hydrogens (tertiary/aromatic N) is 1. The highest BCUT2D eigenvalue weighted by molar-refractivity contribution is 7.90. The predicted octanol–water partition coefficient (Wildman–Crippen LogP) is 8.67. The molecule has 7 heteroatoms. The molecule has 0 bridgehead atoms. The molecule has 0 aliphatic heterocycles. The average molecular weight is 586 g/mol. The number of rotatable bonds is 22. The van der Waals surface area contributed by atoms with Crippen molar-refractivity contribution >= 4 is 20.9 Å². The van der Waals surface area contributed by atoms with Gasteiger partial charge in [0.05, 0.1) is 24.6 Å². The molecule has 0 fully saturated rings. The van der Waals surface area contributed by atoms with Gasteiger partial charge in [-0.15, -0.1) is 0 Å². The summed E-state index contributed by atoms with van der Waals surface area (Å²) in [6, 6.07) is 12.1. The number of fused-ring (bicyclic) bond motifs is 1. The number of hydrogen-bond donors (Lipinski definition) is 1. The minimum absolute atomic E-state index is 0.239. The summed E-state index contributed by atoms with van der Waals surface area (Å²) in [7, 11) is -0.537. The van der Waals surface area contributed by atoms with E-state index in [0.717, 1.165) is 42.4 Å². The fourth-order valence-electron chi connectivity index (χ4n) is 5.53. The summed E-state index contributed by atoms with van der Waals surface area (Å²) < 4.78 is 39.1. The summed E-state index contributed by atoms with van der Waals surface area (Å²) in [5, 5.41) is 9.75. The molecule has 3 rings (SSSR count). The van der Waals surface area contributed by atoms with Crippen molar-refractivity contribution in [1.29, 1.82) is 0 Å². The molecule has 1 aromatic heterocycles. The lowest BCUT2D eigenvalue weighted by Crippen LogP contribution is -2.11. The maximum atomic E-state index is 13.5. The Morgan fingerprint density at radius 3 is 1.59 bits per heavy atom. The Hall–Kier alpha value is -2.51. The first-order valence-electron chi connectivity index (χ1n) is 15.7. The fourth-order valence-corrected chi connectivity index (χ4v) is 6.92. The molecule has 1 N–H and O–H groups in total. The van der Waals surface area contributed by atoms with Crippen LogP contribution < -0.4 is 9.47 Å². The van der Waals surface area contributed by atoms with Gasteiger partial charge in [0, 0.05) is 18.2 Å². The molecule has 0 saturated carbocycles. The molecule has 2 aromatic carbocycles. The molecule has 6 nitrogen and oxygen atoms in total. The number of aryl methyl sites for hydroxylation is 1. The van der Waals surface area contributed by atoms with Crippen molar-refractivity contribution < 1.29 is 23.0 Å². The van der Waals surface area contributed by atoms with Crippen LogP contribution >= 0.6 is 0 Å². The molecule has 0 spiro atoms. The van der Waals surface area contributed by atoms with E-state index in [4.69, 9.17) is 14.6 Å². The topological polar surface area (TPSA) is 77.8 Å². The Balaban J connectivity index is 1.40. The molecule has 1 heterocycles. The average Bonchev–Trinajstić information content (AvgIpc) is 3.37. The van der Waals surface area contributed by atoms with E-state index in [-0.39, 0.29) is 4.90 Å². The smallest absolute Gasteiger partial charge is 0.268 e. The van der Waals surface area contributed by atoms with Crippen LogP contribution in [0.25, 0.3) is 10.9 Å². The molecule has 0 aliphatic carbocycles. The molecule has 0 unspecified atom stereocenters. The summed E-state index contributed by atoms with van der Waals surface area (Å²) in [5.74, 6) is 1.35. The van der Waals surface area contributed by atoms with E-state index in [9.17, 15) is 8.42 Å². The highest BCUT2D eigenvalue weighted by Crippen LogP contribution is 2.31. The first-order chi connectivity index (χ1) is 20.0. The maximum absolute atomic E-state index is 13.5. The number of hydrogen-bond acceptors (Lipinski definition) is 5. The number of benzene rings is 2. The summed E-state index contributed by atoms with van der Waals surface area (Å²) in [4.78, 5) is 0.239. The molecule has 0 atom stereocenters. The summed E-state index contributed by atoms with van der Waals surface area (Å²) >= 11 is 0. The van der Waals surface area contributed by atoms with E-state index in [0.29, 0.717) is 17.9 Å². The number of aromatic nitrogens is 1. The largest absolute Gasteiger partial charge is 0.497 e. The van der Waals surface area contributed by atoms with Gasteiger partial charge in [0.25, 0.3) is 10.0 Å². The van der Waals surface area contributed by atoms with Crippen molar-refractivity contribution in [3.8, 4) is 11.5 Å². The fraction of sp³-hybridized carbons (Fsp3) is 0.588. The van der Waals surface area contributed by atoms with Gasteiger partial charge >= 0.3 is 0 Å². The van der Waals surface area contributed by atoms with E-state index < -0.39 is 10.0 Å². The molecule has 0 saturated heterocycles. The van der Waals surface area contributed by atoms with Gasteiger partial charge in [-0.3, -0.25) is 0 Å². The van der Waals surface area contributed by atoms with Crippen LogP contribution in [-0.4, -0.2) is 38.3 Å². The Bertz CT molecular complexity index is 1250. The van der Waals surface area contributed by atoms with E-state index in [1.165, 1.54) is 87.4 Å². The van der Waals surface area contributed by atoms with E-state index >= 15 is 0 Å². The number of aliphatic hydroxyl groups excluding tert-OH is 1. The van der Waals surface area contributed by atoms with Crippen LogP contribution in [0, 0.1) is 0 Å². The van der Waals surface area contributed by atoms with Gasteiger partial charge in [0.1, 0.15) is 11.5 Å². The molecule has 0 radical (unpaired) electrons. The summed E-state index contributed by atoms with van der Waals surface area (Å²) in [6.45, 7) is 0.336. The van der Waals surface area contributed by atoms with Gasteiger partial charge in [-0.2, -0.15) is 0 Å². The second-order valence-electron chi connectivity index (χ2n) is 11.1. The minimum atomic E-state index is -3.74. The lowest BCUT2D eigenvalue weighted by atomic mass is 10.0. The van der Waals surface area contributed by atoms with Crippen LogP contribution in [0.1, 0.15) is 108 Å². The van der Waals surface area contributed by atoms with Crippen molar-refractivity contribution in [3.05, 3.63) is 54.2 Å². The number of aliphatic hydroxyl groups is 1. The first kappa shape index (κ1) is 33.0. The molecular formula is C34H51NO5S. The SMILES string of the molecule is COc1ccc(S(=O)(=O)n2cc(CCCCCCCCCCCCCCCCCCO)c3cc(OC)ccc32)cc1. The Morgan fingerprint density at radius 1 is 0.634 bits per heavy atom. The zero-order valence-corrected chi connectivity index (χ0v) is 26.1. The lowest BCUT2D eigenvalue weighted by molar-refractivity contribution is 0.282. The number of methoxy groups -OCH3 is 2. The summed E-state index contributed by atoms with van der Waals surface area (Å²) in [5.41, 5.74) is 1.72. The van der Waals surface area contributed by atoms with Crippen molar-refractivity contribution in [2.75, 3.05) is 20.8 Å². The third-order valence-electron chi connectivity index (χ3n) is 8.03. The molecule has 0 amide bonds. The highest BCUT2D eigenvalue weighted by atomic mass is 32.2. The normalized spacial score (nSPS) is 11.8. The number of ether oxygens (including phenoxy) is 2. The predicted molar refractivity (Wildman–Crippen MR) is 169 cm³/mol. The van der Waals surface area contributed by atoms with Crippen LogP contribution in [0.15, 0.2) is 53.6 Å². The standard InChI is InChI=1S/C34H51NO5S/c1-39-30-20-23-32(24-21-30)41(37,38)35-28-29(33-27-31(40-2)22-25-34(33)35)19-17-15-13-11-9-7-5-3-4-6-8-10-12-14-16-18-26-36/h20-25,27-28,36H,3-19,26H2,1-2H3. The second kappa shape index (κ2) is 18.1. The molecule has 41 heavy (non-hydrogen) atoms. The maximum Gasteiger partial charge on any atom is 0.268 e. The van der Waals surface area contributed by atoms with Crippen molar-refractivity contribution in [1.82, 2.24) is 3.97 Å². The monoisotopic (exact) mass is 585 g/mol. The third-order valence-corrected chi connectivity index (χ3v) is 9.72. The van der Waals surface area contributed by atoms with Crippen LogP contribution in [0.5, 0.6) is 11.5 Å². The van der Waals surface area contributed by atoms with Crippen LogP contribution in [0.4, 0.5) is 0 Å². The third kappa shape index (κ3) is 10.4. The minimum Gasteiger partial charge on any atom is -0.497 e. The van der Waals surface area contributed by atoms with Gasteiger partial charge in [-0.05, 0) is 67.3 Å². The number of unbranched alkanes of at least 4 members (excludes halogenated alkanes) is 15. The van der Waals surface area contributed by atoms with Crippen LogP contribution in [-0.2, 0) is 16.4 Å².